The van der Waals surface area contributed by atoms with Crippen molar-refractivity contribution in [3.8, 4) is 0 Å². The third-order valence-electron chi connectivity index (χ3n) is 2.70. The van der Waals surface area contributed by atoms with Crippen molar-refractivity contribution in [2.75, 3.05) is 11.9 Å². The molecule has 0 radical (unpaired) electrons. The summed E-state index contributed by atoms with van der Waals surface area (Å²) in [6, 6.07) is 3.94. The average Bonchev–Trinajstić information content (AvgIpc) is 2.69. The minimum atomic E-state index is 0.0902. The Bertz CT molecular complexity index is 574. The molecule has 0 aliphatic carbocycles. The van der Waals surface area contributed by atoms with Crippen LogP contribution in [0.4, 0.5) is 5.82 Å². The zero-order valence-electron chi connectivity index (χ0n) is 10.6. The van der Waals surface area contributed by atoms with Crippen LogP contribution in [0.15, 0.2) is 28.5 Å². The number of aryl methyl sites for hydroxylation is 1. The highest BCUT2D eigenvalue weighted by Crippen LogP contribution is 2.10. The first-order valence-electron chi connectivity index (χ1n) is 6.04. The fourth-order valence-electron chi connectivity index (χ4n) is 1.70. The van der Waals surface area contributed by atoms with E-state index in [-0.39, 0.29) is 4.87 Å². The molecule has 4 nitrogen and oxygen atoms in total. The molecule has 0 amide bonds. The van der Waals surface area contributed by atoms with Crippen molar-refractivity contribution in [2.45, 2.75) is 26.8 Å². The number of nitrogens with zero attached hydrogens (tertiary/aromatic N) is 2. The van der Waals surface area contributed by atoms with Crippen LogP contribution in [-0.2, 0) is 6.54 Å². The zero-order chi connectivity index (χ0) is 13.0. The zero-order valence-corrected chi connectivity index (χ0v) is 11.5. The Balaban J connectivity index is 2.17. The summed E-state index contributed by atoms with van der Waals surface area (Å²) in [5.41, 5.74) is 2.09. The van der Waals surface area contributed by atoms with E-state index >= 15 is 0 Å². The van der Waals surface area contributed by atoms with E-state index in [9.17, 15) is 4.79 Å². The lowest BCUT2D eigenvalue weighted by molar-refractivity contribution is 0.754. The van der Waals surface area contributed by atoms with Gasteiger partial charge in [-0.05, 0) is 31.0 Å². The number of nitrogens with one attached hydrogen (secondary N) is 1. The molecule has 2 aromatic rings. The Morgan fingerprint density at radius 3 is 3.00 bits per heavy atom. The summed E-state index contributed by atoms with van der Waals surface area (Å²) in [7, 11) is 0. The van der Waals surface area contributed by atoms with Gasteiger partial charge in [-0.15, -0.1) is 0 Å². The van der Waals surface area contributed by atoms with Gasteiger partial charge in [0.25, 0.3) is 0 Å². The fourth-order valence-corrected chi connectivity index (χ4v) is 2.44. The number of pyridine rings is 1. The van der Waals surface area contributed by atoms with Gasteiger partial charge < -0.3 is 5.32 Å². The van der Waals surface area contributed by atoms with Crippen LogP contribution in [0.3, 0.4) is 0 Å². The highest BCUT2D eigenvalue weighted by atomic mass is 32.1. The molecule has 18 heavy (non-hydrogen) atoms. The van der Waals surface area contributed by atoms with Gasteiger partial charge in [0.15, 0.2) is 0 Å². The number of anilines is 1. The van der Waals surface area contributed by atoms with Gasteiger partial charge in [0.1, 0.15) is 5.82 Å². The van der Waals surface area contributed by atoms with Crippen LogP contribution in [0.1, 0.15) is 24.6 Å². The molecule has 0 fully saturated rings. The number of hydrogen-bond acceptors (Lipinski definition) is 4. The number of aromatic nitrogens is 2. The van der Waals surface area contributed by atoms with Crippen molar-refractivity contribution in [1.82, 2.24) is 9.55 Å². The SMILES string of the molecule is CCCNc1cc(Cn2c(C)csc2=O)ccn1. The van der Waals surface area contributed by atoms with Gasteiger partial charge in [0.05, 0.1) is 6.54 Å². The quantitative estimate of drug-likeness (QED) is 0.901. The number of thiazole rings is 1. The van der Waals surface area contributed by atoms with Crippen LogP contribution in [0.2, 0.25) is 0 Å². The molecule has 0 bridgehead atoms. The minimum Gasteiger partial charge on any atom is -0.370 e. The maximum Gasteiger partial charge on any atom is 0.307 e. The van der Waals surface area contributed by atoms with E-state index in [1.165, 1.54) is 11.3 Å². The van der Waals surface area contributed by atoms with E-state index in [0.29, 0.717) is 6.54 Å². The molecular formula is C13H17N3OS. The topological polar surface area (TPSA) is 46.9 Å². The van der Waals surface area contributed by atoms with Gasteiger partial charge in [-0.25, -0.2) is 4.98 Å². The maximum absolute atomic E-state index is 11.7. The summed E-state index contributed by atoms with van der Waals surface area (Å²) < 4.78 is 1.78. The molecule has 5 heteroatoms. The Labute approximate surface area is 110 Å². The van der Waals surface area contributed by atoms with E-state index in [1.54, 1.807) is 10.8 Å². The smallest absolute Gasteiger partial charge is 0.307 e. The molecule has 0 aliphatic rings. The lowest BCUT2D eigenvalue weighted by Crippen LogP contribution is -2.15. The minimum absolute atomic E-state index is 0.0902. The number of hydrogen-bond donors (Lipinski definition) is 1. The van der Waals surface area contributed by atoms with Crippen LogP contribution in [0, 0.1) is 6.92 Å². The molecule has 0 aromatic carbocycles. The molecule has 0 saturated carbocycles. The van der Waals surface area contributed by atoms with E-state index in [2.05, 4.69) is 17.2 Å². The lowest BCUT2D eigenvalue weighted by atomic mass is 10.2. The van der Waals surface area contributed by atoms with E-state index in [1.807, 2.05) is 24.4 Å². The normalized spacial score (nSPS) is 10.6. The van der Waals surface area contributed by atoms with E-state index in [4.69, 9.17) is 0 Å². The van der Waals surface area contributed by atoms with E-state index in [0.717, 1.165) is 30.0 Å². The molecule has 2 heterocycles. The van der Waals surface area contributed by atoms with Crippen LogP contribution in [0.25, 0.3) is 0 Å². The summed E-state index contributed by atoms with van der Waals surface area (Å²) in [6.45, 7) is 5.59. The largest absolute Gasteiger partial charge is 0.370 e. The molecule has 2 rings (SSSR count). The molecule has 2 aromatic heterocycles. The van der Waals surface area contributed by atoms with Crippen molar-refractivity contribution in [2.24, 2.45) is 0 Å². The molecule has 0 aliphatic heterocycles. The maximum atomic E-state index is 11.7. The van der Waals surface area contributed by atoms with Gasteiger partial charge in [-0.1, -0.05) is 18.3 Å². The molecular weight excluding hydrogens is 246 g/mol. The molecule has 0 saturated heterocycles. The molecule has 0 atom stereocenters. The summed E-state index contributed by atoms with van der Waals surface area (Å²) >= 11 is 1.24. The first-order valence-corrected chi connectivity index (χ1v) is 6.92. The van der Waals surface area contributed by atoms with Gasteiger partial charge in [0.2, 0.25) is 0 Å². The second kappa shape index (κ2) is 5.82. The standard InChI is InChI=1S/C13H17N3OS/c1-3-5-14-12-7-11(4-6-15-12)8-16-10(2)9-18-13(16)17/h4,6-7,9H,3,5,8H2,1-2H3,(H,14,15). The van der Waals surface area contributed by atoms with Crippen LogP contribution in [-0.4, -0.2) is 16.1 Å². The van der Waals surface area contributed by atoms with E-state index < -0.39 is 0 Å². The van der Waals surface area contributed by atoms with Crippen LogP contribution >= 0.6 is 11.3 Å². The first-order chi connectivity index (χ1) is 8.70. The highest BCUT2D eigenvalue weighted by Gasteiger charge is 2.04. The Morgan fingerprint density at radius 1 is 1.50 bits per heavy atom. The lowest BCUT2D eigenvalue weighted by Gasteiger charge is -2.07. The van der Waals surface area contributed by atoms with Gasteiger partial charge >= 0.3 is 4.87 Å². The van der Waals surface area contributed by atoms with Gasteiger partial charge in [-0.2, -0.15) is 0 Å². The third-order valence-corrected chi connectivity index (χ3v) is 3.58. The average molecular weight is 263 g/mol. The Kier molecular flexibility index (Phi) is 4.15. The predicted octanol–water partition coefficient (Wildman–Crippen LogP) is 2.48. The fraction of sp³-hybridized carbons (Fsp3) is 0.385. The second-order valence-electron chi connectivity index (χ2n) is 4.21. The number of rotatable bonds is 5. The first kappa shape index (κ1) is 12.8. The molecule has 96 valence electrons. The third kappa shape index (κ3) is 2.98. The predicted molar refractivity (Wildman–Crippen MR) is 75.4 cm³/mol. The van der Waals surface area contributed by atoms with Crippen molar-refractivity contribution < 1.29 is 0 Å². The Hall–Kier alpha value is -1.62. The van der Waals surface area contributed by atoms with Crippen molar-refractivity contribution in [1.29, 1.82) is 0 Å². The summed E-state index contributed by atoms with van der Waals surface area (Å²) in [5, 5.41) is 5.14. The van der Waals surface area contributed by atoms with Crippen LogP contribution < -0.4 is 10.2 Å². The second-order valence-corrected chi connectivity index (χ2v) is 5.03. The molecule has 1 N–H and O–H groups in total. The Morgan fingerprint density at radius 2 is 2.33 bits per heavy atom. The van der Waals surface area contributed by atoms with Crippen molar-refractivity contribution in [3.63, 3.8) is 0 Å². The molecule has 0 spiro atoms. The summed E-state index contributed by atoms with van der Waals surface area (Å²) in [6.07, 6.45) is 2.84. The van der Waals surface area contributed by atoms with Crippen molar-refractivity contribution in [3.05, 3.63) is 44.6 Å². The van der Waals surface area contributed by atoms with Gasteiger partial charge in [0, 0.05) is 23.8 Å². The highest BCUT2D eigenvalue weighted by molar-refractivity contribution is 7.07. The molecule has 0 unspecified atom stereocenters. The van der Waals surface area contributed by atoms with Gasteiger partial charge in [-0.3, -0.25) is 9.36 Å². The van der Waals surface area contributed by atoms with Crippen LogP contribution in [0.5, 0.6) is 0 Å². The summed E-state index contributed by atoms with van der Waals surface area (Å²) in [5.74, 6) is 0.871. The summed E-state index contributed by atoms with van der Waals surface area (Å²) in [4.78, 5) is 16.0. The monoisotopic (exact) mass is 263 g/mol. The van der Waals surface area contributed by atoms with Crippen molar-refractivity contribution >= 4 is 17.2 Å².